The Kier molecular flexibility index (Phi) is 8.96. The Balaban J connectivity index is 1.23. The molecule has 1 unspecified atom stereocenters. The number of allylic oxidation sites excluding steroid dienone is 2. The van der Waals surface area contributed by atoms with Gasteiger partial charge in [-0.05, 0) is 119 Å². The van der Waals surface area contributed by atoms with Crippen molar-refractivity contribution in [3.63, 3.8) is 0 Å². The molecule has 0 spiro atoms. The summed E-state index contributed by atoms with van der Waals surface area (Å²) in [6.07, 6.45) is 13.9. The second-order valence-corrected chi connectivity index (χ2v) is 13.9. The topological polar surface area (TPSA) is 6.48 Å². The van der Waals surface area contributed by atoms with E-state index in [4.69, 9.17) is 0 Å². The Morgan fingerprint density at radius 1 is 0.562 bits per heavy atom. The first-order chi connectivity index (χ1) is 23.4. The van der Waals surface area contributed by atoms with Gasteiger partial charge >= 0.3 is 0 Å². The van der Waals surface area contributed by atoms with Crippen molar-refractivity contribution in [3.8, 4) is 0 Å². The molecule has 0 aromatic heterocycles. The van der Waals surface area contributed by atoms with Crippen molar-refractivity contribution < 1.29 is 0 Å². The summed E-state index contributed by atoms with van der Waals surface area (Å²) in [4.78, 5) is 4.78. The molecule has 0 heterocycles. The average Bonchev–Trinajstić information content (AvgIpc) is 3.13. The number of rotatable bonds is 8. The van der Waals surface area contributed by atoms with E-state index in [2.05, 4.69) is 177 Å². The van der Waals surface area contributed by atoms with E-state index in [0.29, 0.717) is 0 Å². The quantitative estimate of drug-likeness (QED) is 0.169. The van der Waals surface area contributed by atoms with Gasteiger partial charge in [0.05, 0.1) is 11.7 Å². The molecule has 0 radical (unpaired) electrons. The number of anilines is 5. The van der Waals surface area contributed by atoms with Crippen LogP contribution in [0.25, 0.3) is 0 Å². The number of benzene rings is 4. The van der Waals surface area contributed by atoms with Gasteiger partial charge in [-0.1, -0.05) is 114 Å². The molecule has 2 heteroatoms. The molecule has 1 saturated carbocycles. The van der Waals surface area contributed by atoms with Crippen molar-refractivity contribution >= 4 is 28.4 Å². The number of hydrogen-bond acceptors (Lipinski definition) is 2. The molecule has 240 valence electrons. The van der Waals surface area contributed by atoms with Crippen molar-refractivity contribution in [2.45, 2.75) is 77.7 Å². The first-order valence-electron chi connectivity index (χ1n) is 17.6. The van der Waals surface area contributed by atoms with Gasteiger partial charge in [-0.3, -0.25) is 0 Å². The summed E-state index contributed by atoms with van der Waals surface area (Å²) < 4.78 is 0. The highest BCUT2D eigenvalue weighted by molar-refractivity contribution is 5.77. The predicted molar refractivity (Wildman–Crippen MR) is 203 cm³/mol. The molecular weight excluding hydrogens is 581 g/mol. The molecule has 0 amide bonds. The summed E-state index contributed by atoms with van der Waals surface area (Å²) in [6, 6.07) is 48.2. The maximum atomic E-state index is 3.74. The summed E-state index contributed by atoms with van der Waals surface area (Å²) in [5.74, 6) is 0. The third kappa shape index (κ3) is 6.43. The Bertz CT molecular complexity index is 1830. The fourth-order valence-corrected chi connectivity index (χ4v) is 7.55. The average molecular weight is 627 g/mol. The van der Waals surface area contributed by atoms with Crippen molar-refractivity contribution in [2.75, 3.05) is 9.80 Å². The summed E-state index contributed by atoms with van der Waals surface area (Å²) in [5, 5.41) is 0. The first kappa shape index (κ1) is 31.6. The normalized spacial score (nSPS) is 16.9. The van der Waals surface area contributed by atoms with E-state index in [0.717, 1.165) is 24.9 Å². The molecule has 1 fully saturated rings. The van der Waals surface area contributed by atoms with Gasteiger partial charge in [0.15, 0.2) is 0 Å². The molecule has 2 nitrogen and oxygen atoms in total. The van der Waals surface area contributed by atoms with E-state index in [9.17, 15) is 0 Å². The Labute approximate surface area is 288 Å². The van der Waals surface area contributed by atoms with E-state index in [1.165, 1.54) is 75.4 Å². The Morgan fingerprint density at radius 3 is 1.56 bits per heavy atom. The highest BCUT2D eigenvalue weighted by Crippen LogP contribution is 2.46. The molecule has 0 saturated heterocycles. The number of hydrogen-bond donors (Lipinski definition) is 0. The van der Waals surface area contributed by atoms with Gasteiger partial charge in [0.2, 0.25) is 0 Å². The third-order valence-electron chi connectivity index (χ3n) is 10.4. The van der Waals surface area contributed by atoms with Gasteiger partial charge in [0.25, 0.3) is 0 Å². The molecule has 5 aromatic rings. The third-order valence-corrected chi connectivity index (χ3v) is 10.4. The molecule has 2 aliphatic rings. The fraction of sp³-hybridized carbons (Fsp3) is 0.261. The highest BCUT2D eigenvalue weighted by Gasteiger charge is 2.36. The Morgan fingerprint density at radius 2 is 1.08 bits per heavy atom. The molecular formula is C46H46N2. The van der Waals surface area contributed by atoms with E-state index in [1.54, 1.807) is 0 Å². The lowest BCUT2D eigenvalue weighted by Crippen LogP contribution is -2.31. The van der Waals surface area contributed by atoms with Gasteiger partial charge in [-0.15, -0.1) is 0 Å². The van der Waals surface area contributed by atoms with Crippen molar-refractivity contribution in [1.82, 2.24) is 0 Å². The van der Waals surface area contributed by atoms with Crippen LogP contribution < -0.4 is 9.80 Å². The zero-order valence-electron chi connectivity index (χ0n) is 28.8. The summed E-state index contributed by atoms with van der Waals surface area (Å²) in [7, 11) is 0. The predicted octanol–water partition coefficient (Wildman–Crippen LogP) is 12.3. The van der Waals surface area contributed by atoms with E-state index >= 15 is 0 Å². The van der Waals surface area contributed by atoms with Crippen LogP contribution in [0.4, 0.5) is 28.4 Å². The lowest BCUT2D eigenvalue weighted by Gasteiger charge is -2.38. The van der Waals surface area contributed by atoms with Crippen LogP contribution in [-0.2, 0) is 5.41 Å². The summed E-state index contributed by atoms with van der Waals surface area (Å²) >= 11 is 0. The number of aryl methyl sites for hydroxylation is 3. The second kappa shape index (κ2) is 13.6. The summed E-state index contributed by atoms with van der Waals surface area (Å²) in [6.45, 7) is 8.61. The smallest absolute Gasteiger partial charge is 0.0933 e. The molecule has 0 bridgehead atoms. The van der Waals surface area contributed by atoms with Gasteiger partial charge in [0.1, 0.15) is 0 Å². The van der Waals surface area contributed by atoms with Gasteiger partial charge in [0, 0.05) is 33.7 Å². The minimum absolute atomic E-state index is 0.0658. The maximum absolute atomic E-state index is 3.74. The second-order valence-electron chi connectivity index (χ2n) is 13.9. The van der Waals surface area contributed by atoms with Crippen LogP contribution in [0.3, 0.4) is 0 Å². The molecule has 7 rings (SSSR count). The van der Waals surface area contributed by atoms with Crippen LogP contribution in [0.2, 0.25) is 0 Å². The van der Waals surface area contributed by atoms with Crippen LogP contribution in [0.1, 0.15) is 73.3 Å². The zero-order chi connectivity index (χ0) is 33.1. The van der Waals surface area contributed by atoms with Crippen LogP contribution in [0, 0.1) is 32.9 Å². The lowest BCUT2D eigenvalue weighted by atomic mass is 9.65. The molecule has 1 atom stereocenters. The van der Waals surface area contributed by atoms with Gasteiger partial charge < -0.3 is 9.80 Å². The van der Waals surface area contributed by atoms with E-state index < -0.39 is 0 Å². The standard InChI is InChI=1S/C46H46N2/c1-34-8-20-40(21-9-34)47(41-22-10-35(2)11-23-41)44-28-16-38(17-29-44)46(32-6-5-7-33-46)39-18-30-45(31-19-39)48(42-24-12-36(3)13-25-42)43-26-14-37(4)15-27-43/h8-18,20-26,28-30,43H,5-7,27,32-33H2,1-4H3. The molecule has 5 aromatic carbocycles. The van der Waals surface area contributed by atoms with Crippen molar-refractivity contribution in [1.29, 1.82) is 0 Å². The monoisotopic (exact) mass is 626 g/mol. The van der Waals surface area contributed by atoms with Crippen molar-refractivity contribution in [2.24, 2.45) is 0 Å². The minimum Gasteiger partial charge on any atom is -0.327 e. The molecule has 0 N–H and O–H groups in total. The Hall–Kier alpha value is -5.00. The molecule has 48 heavy (non-hydrogen) atoms. The van der Waals surface area contributed by atoms with Crippen LogP contribution in [0.5, 0.6) is 0 Å². The molecule has 2 aliphatic carbocycles. The van der Waals surface area contributed by atoms with Crippen LogP contribution in [0.15, 0.2) is 133 Å². The van der Waals surface area contributed by atoms with E-state index in [1.807, 2.05) is 0 Å². The van der Waals surface area contributed by atoms with Gasteiger partial charge in [-0.25, -0.2) is 0 Å². The van der Waals surface area contributed by atoms with Crippen LogP contribution >= 0.6 is 0 Å². The van der Waals surface area contributed by atoms with Crippen molar-refractivity contribution in [3.05, 3.63) is 173 Å². The molecule has 0 aliphatic heterocycles. The minimum atomic E-state index is -0.0658. The van der Waals surface area contributed by atoms with Gasteiger partial charge in [-0.2, -0.15) is 0 Å². The highest BCUT2D eigenvalue weighted by atomic mass is 15.2. The van der Waals surface area contributed by atoms with E-state index in [-0.39, 0.29) is 11.5 Å². The first-order valence-corrected chi connectivity index (χ1v) is 17.6. The number of nitrogens with zero attached hydrogens (tertiary/aromatic N) is 2. The zero-order valence-corrected chi connectivity index (χ0v) is 28.8. The SMILES string of the molecule is CC1=CCC(N(c2c#cc(C3(c4ccc(N(c5ccc(C)cc5)c5ccc(C)cc5)cc4)CCCCC3)cc2)c2ccc(C)cc2)C=C1. The van der Waals surface area contributed by atoms with Crippen LogP contribution in [-0.4, -0.2) is 6.04 Å². The fourth-order valence-electron chi connectivity index (χ4n) is 7.55. The maximum Gasteiger partial charge on any atom is 0.0933 e. The largest absolute Gasteiger partial charge is 0.327 e. The lowest BCUT2D eigenvalue weighted by molar-refractivity contribution is 0.346. The summed E-state index contributed by atoms with van der Waals surface area (Å²) in [5.41, 5.74) is 13.5.